The molecule has 0 bridgehead atoms. The molecule has 1 aliphatic heterocycles. The molecule has 0 radical (unpaired) electrons. The molecule has 138 valence electrons. The number of nitrogens with one attached hydrogen (secondary N) is 3. The number of H-pyrrole nitrogens is 1. The van der Waals surface area contributed by atoms with Crippen molar-refractivity contribution < 1.29 is 9.13 Å². The Labute approximate surface area is 155 Å². The molecule has 0 aromatic carbocycles. The first-order valence-corrected chi connectivity index (χ1v) is 9.13. The number of halogens is 2. The summed E-state index contributed by atoms with van der Waals surface area (Å²) >= 11 is 6.07. The molecule has 2 aromatic rings. The number of nitrogens with zero attached hydrogens (tertiary/aromatic N) is 2. The molecule has 1 saturated carbocycles. The average molecular weight is 378 g/mol. The van der Waals surface area contributed by atoms with E-state index in [0.29, 0.717) is 10.8 Å². The van der Waals surface area contributed by atoms with Crippen LogP contribution in [0.25, 0.3) is 11.0 Å². The Kier molecular flexibility index (Phi) is 4.82. The molecule has 3 unspecified atom stereocenters. The first kappa shape index (κ1) is 17.3. The van der Waals surface area contributed by atoms with Gasteiger partial charge in [-0.3, -0.25) is 4.99 Å². The number of aromatic amines is 1. The maximum Gasteiger partial charge on any atom is 0.180 e. The minimum Gasteiger partial charge on any atom is -0.381 e. The number of hydrogen-bond acceptors (Lipinski definition) is 5. The van der Waals surface area contributed by atoms with Crippen LogP contribution >= 0.6 is 11.6 Å². The number of methoxy groups -OCH3 is 1. The molecule has 0 saturated heterocycles. The summed E-state index contributed by atoms with van der Waals surface area (Å²) in [7, 11) is 1.73. The third-order valence-electron chi connectivity index (χ3n) is 4.99. The fourth-order valence-electron chi connectivity index (χ4n) is 3.63. The van der Waals surface area contributed by atoms with Crippen molar-refractivity contribution in [3.8, 4) is 0 Å². The number of rotatable bonds is 4. The van der Waals surface area contributed by atoms with Crippen molar-refractivity contribution in [3.05, 3.63) is 40.7 Å². The lowest BCUT2D eigenvalue weighted by Crippen LogP contribution is -2.42. The fraction of sp³-hybridized carbons (Fsp3) is 0.444. The normalized spacial score (nSPS) is 26.2. The molecule has 26 heavy (non-hydrogen) atoms. The van der Waals surface area contributed by atoms with E-state index in [-0.39, 0.29) is 12.1 Å². The van der Waals surface area contributed by atoms with Crippen molar-refractivity contribution in [2.45, 2.75) is 44.0 Å². The van der Waals surface area contributed by atoms with Gasteiger partial charge in [0.1, 0.15) is 17.6 Å². The van der Waals surface area contributed by atoms with Crippen molar-refractivity contribution in [2.24, 2.45) is 4.99 Å². The molecular weight excluding hydrogens is 357 g/mol. The lowest BCUT2D eigenvalue weighted by atomic mass is 9.93. The Morgan fingerprint density at radius 3 is 3.12 bits per heavy atom. The summed E-state index contributed by atoms with van der Waals surface area (Å²) in [5.41, 5.74) is 1.60. The zero-order valence-electron chi connectivity index (χ0n) is 14.4. The minimum atomic E-state index is -0.409. The molecule has 2 aliphatic rings. The van der Waals surface area contributed by atoms with Crippen LogP contribution in [-0.2, 0) is 4.74 Å². The van der Waals surface area contributed by atoms with Crippen molar-refractivity contribution >= 4 is 28.8 Å². The summed E-state index contributed by atoms with van der Waals surface area (Å²) in [6.45, 7) is 0. The van der Waals surface area contributed by atoms with E-state index in [0.717, 1.165) is 42.3 Å². The predicted octanol–water partition coefficient (Wildman–Crippen LogP) is 3.57. The number of fused-ring (bicyclic) bond motifs is 1. The van der Waals surface area contributed by atoms with Crippen molar-refractivity contribution in [3.63, 3.8) is 0 Å². The molecule has 6 nitrogen and oxygen atoms in total. The summed E-state index contributed by atoms with van der Waals surface area (Å²) in [6, 6.07) is 2.01. The molecule has 3 heterocycles. The second-order valence-electron chi connectivity index (χ2n) is 6.71. The second-order valence-corrected chi connectivity index (χ2v) is 7.14. The van der Waals surface area contributed by atoms with Gasteiger partial charge in [0.05, 0.1) is 17.3 Å². The predicted molar refractivity (Wildman–Crippen MR) is 99.8 cm³/mol. The van der Waals surface area contributed by atoms with Crippen LogP contribution < -0.4 is 10.6 Å². The van der Waals surface area contributed by atoms with Gasteiger partial charge in [-0.05, 0) is 31.7 Å². The number of hydrogen-bond donors (Lipinski definition) is 3. The van der Waals surface area contributed by atoms with Gasteiger partial charge in [-0.1, -0.05) is 11.6 Å². The Bertz CT molecular complexity index is 864. The van der Waals surface area contributed by atoms with Gasteiger partial charge in [0, 0.05) is 36.5 Å². The van der Waals surface area contributed by atoms with Gasteiger partial charge in [-0.2, -0.15) is 0 Å². The van der Waals surface area contributed by atoms with E-state index in [1.807, 2.05) is 12.3 Å². The van der Waals surface area contributed by atoms with Crippen LogP contribution in [-0.4, -0.2) is 35.4 Å². The van der Waals surface area contributed by atoms with Crippen LogP contribution in [0.3, 0.4) is 0 Å². The van der Waals surface area contributed by atoms with Gasteiger partial charge in [-0.15, -0.1) is 0 Å². The van der Waals surface area contributed by atoms with E-state index in [4.69, 9.17) is 16.3 Å². The minimum absolute atomic E-state index is 0.174. The van der Waals surface area contributed by atoms with Crippen molar-refractivity contribution in [1.29, 1.82) is 0 Å². The van der Waals surface area contributed by atoms with Gasteiger partial charge in [0.2, 0.25) is 0 Å². The van der Waals surface area contributed by atoms with E-state index in [2.05, 4.69) is 25.6 Å². The molecule has 1 aliphatic carbocycles. The molecule has 0 amide bonds. The Morgan fingerprint density at radius 2 is 2.27 bits per heavy atom. The smallest absolute Gasteiger partial charge is 0.180 e. The van der Waals surface area contributed by atoms with Gasteiger partial charge >= 0.3 is 0 Å². The molecule has 0 spiro atoms. The second kappa shape index (κ2) is 7.25. The first-order valence-electron chi connectivity index (χ1n) is 8.75. The average Bonchev–Trinajstić information content (AvgIpc) is 3.07. The maximum atomic E-state index is 14.3. The third-order valence-corrected chi connectivity index (χ3v) is 5.20. The molecule has 1 fully saturated rings. The quantitative estimate of drug-likeness (QED) is 0.761. The largest absolute Gasteiger partial charge is 0.381 e. The monoisotopic (exact) mass is 377 g/mol. The molecule has 2 aromatic heterocycles. The van der Waals surface area contributed by atoms with E-state index in [9.17, 15) is 4.39 Å². The molecule has 3 N–H and O–H groups in total. The van der Waals surface area contributed by atoms with E-state index in [1.54, 1.807) is 13.3 Å². The number of pyridine rings is 1. The highest BCUT2D eigenvalue weighted by Gasteiger charge is 2.26. The number of allylic oxidation sites excluding steroid dienone is 1. The van der Waals surface area contributed by atoms with E-state index >= 15 is 0 Å². The standard InChI is InChI=1S/C18H21ClFN5O/c1-26-12-4-2-3-11(6-12)24-18-15(20)9-23-17(25-18)14-8-22-16-13(14)5-10(19)7-21-16/h5,7-9,11-12,17,24-25H,2-4,6H2,1H3,(H,21,22). The molecule has 4 rings (SSSR count). The highest BCUT2D eigenvalue weighted by atomic mass is 35.5. The SMILES string of the molecule is COC1CCCC(NC2=C(F)C=NC(c3c[nH]c4ncc(Cl)cc34)N2)C1. The third kappa shape index (κ3) is 3.41. The zero-order chi connectivity index (χ0) is 18.1. The van der Waals surface area contributed by atoms with Crippen LogP contribution in [0.5, 0.6) is 0 Å². The highest BCUT2D eigenvalue weighted by molar-refractivity contribution is 6.31. The maximum absolute atomic E-state index is 14.3. The lowest BCUT2D eigenvalue weighted by molar-refractivity contribution is 0.0599. The molecule has 8 heteroatoms. The molecular formula is C18H21ClFN5O. The highest BCUT2D eigenvalue weighted by Crippen LogP contribution is 2.29. The van der Waals surface area contributed by atoms with Gasteiger partial charge in [-0.25, -0.2) is 9.37 Å². The number of aromatic nitrogens is 2. The van der Waals surface area contributed by atoms with Gasteiger partial charge in [0.15, 0.2) is 5.83 Å². The zero-order valence-corrected chi connectivity index (χ0v) is 15.2. The number of aliphatic imine (C=N–C) groups is 1. The van der Waals surface area contributed by atoms with Crippen LogP contribution in [0.4, 0.5) is 4.39 Å². The Hall–Kier alpha value is -2.12. The number of ether oxygens (including phenoxy) is 1. The molecule has 3 atom stereocenters. The summed E-state index contributed by atoms with van der Waals surface area (Å²) in [5.74, 6) is -0.0205. The first-order chi connectivity index (χ1) is 12.6. The Balaban J connectivity index is 1.53. The van der Waals surface area contributed by atoms with Crippen molar-refractivity contribution in [2.75, 3.05) is 7.11 Å². The van der Waals surface area contributed by atoms with Gasteiger partial charge in [0.25, 0.3) is 0 Å². The summed E-state index contributed by atoms with van der Waals surface area (Å²) < 4.78 is 19.8. The van der Waals surface area contributed by atoms with Crippen LogP contribution in [0, 0.1) is 0 Å². The summed E-state index contributed by atoms with van der Waals surface area (Å²) in [6.07, 6.45) is 8.46. The van der Waals surface area contributed by atoms with Crippen molar-refractivity contribution in [1.82, 2.24) is 20.6 Å². The van der Waals surface area contributed by atoms with Gasteiger partial charge < -0.3 is 20.4 Å². The van der Waals surface area contributed by atoms with Crippen LogP contribution in [0.2, 0.25) is 5.02 Å². The van der Waals surface area contributed by atoms with E-state index in [1.165, 1.54) is 6.21 Å². The summed E-state index contributed by atoms with van der Waals surface area (Å²) in [5, 5.41) is 7.87. The summed E-state index contributed by atoms with van der Waals surface area (Å²) in [4.78, 5) is 11.6. The van der Waals surface area contributed by atoms with E-state index < -0.39 is 12.0 Å². The Morgan fingerprint density at radius 1 is 1.38 bits per heavy atom. The fourth-order valence-corrected chi connectivity index (χ4v) is 3.79. The van der Waals surface area contributed by atoms with Crippen LogP contribution in [0.1, 0.15) is 37.4 Å². The lowest BCUT2D eigenvalue weighted by Gasteiger charge is -2.32. The topological polar surface area (TPSA) is 74.3 Å². The van der Waals surface area contributed by atoms with Crippen LogP contribution in [0.15, 0.2) is 35.1 Å².